The number of halogens is 1. The zero-order valence-corrected chi connectivity index (χ0v) is 16.5. The number of nitrogens with one attached hydrogen (secondary N) is 1. The molecule has 1 atom stereocenters. The van der Waals surface area contributed by atoms with Crippen molar-refractivity contribution in [3.63, 3.8) is 0 Å². The molecule has 1 aliphatic rings. The first kappa shape index (κ1) is 18.4. The van der Waals surface area contributed by atoms with E-state index in [-0.39, 0.29) is 17.8 Å². The van der Waals surface area contributed by atoms with Crippen molar-refractivity contribution in [1.82, 2.24) is 30.2 Å². The van der Waals surface area contributed by atoms with Gasteiger partial charge in [-0.25, -0.2) is 4.98 Å². The van der Waals surface area contributed by atoms with Crippen LogP contribution in [-0.2, 0) is 0 Å². The molecule has 4 aromatic rings. The van der Waals surface area contributed by atoms with Crippen molar-refractivity contribution < 1.29 is 9.32 Å². The number of carbonyl (C=O) groups is 1. The number of hydrogen-bond acceptors (Lipinski definition) is 8. The Morgan fingerprint density at radius 1 is 1.23 bits per heavy atom. The van der Waals surface area contributed by atoms with Crippen LogP contribution in [0.2, 0.25) is 5.02 Å². The standard InChI is InChI=1S/C19H17ClN8O2/c20-14-7-22-18(16-15(14)17(21)26-30-16)27-6-5-12(8-27)25-19(29)11-1-3-13(4-2-11)28-9-23-24-10-28/h1-4,7,9-10,12H,5-6,8H2,(H2,21,26)(H,25,29). The molecule has 0 spiro atoms. The quantitative estimate of drug-likeness (QED) is 0.509. The van der Waals surface area contributed by atoms with Crippen molar-refractivity contribution in [1.29, 1.82) is 0 Å². The zero-order valence-electron chi connectivity index (χ0n) is 15.7. The summed E-state index contributed by atoms with van der Waals surface area (Å²) in [5.41, 5.74) is 7.76. The molecule has 0 bridgehead atoms. The van der Waals surface area contributed by atoms with Crippen molar-refractivity contribution in [2.45, 2.75) is 12.5 Å². The predicted octanol–water partition coefficient (Wildman–Crippen LogP) is 2.05. The molecule has 1 fully saturated rings. The van der Waals surface area contributed by atoms with E-state index in [2.05, 4.69) is 25.7 Å². The minimum atomic E-state index is -0.129. The molecule has 1 saturated heterocycles. The topological polar surface area (TPSA) is 128 Å². The first-order valence-electron chi connectivity index (χ1n) is 9.30. The summed E-state index contributed by atoms with van der Waals surface area (Å²) >= 11 is 6.16. The summed E-state index contributed by atoms with van der Waals surface area (Å²) in [4.78, 5) is 19.1. The third kappa shape index (κ3) is 3.20. The molecule has 0 radical (unpaired) electrons. The number of benzene rings is 1. The Kier molecular flexibility index (Phi) is 4.47. The van der Waals surface area contributed by atoms with Gasteiger partial charge in [0.1, 0.15) is 12.7 Å². The highest BCUT2D eigenvalue weighted by atomic mass is 35.5. The van der Waals surface area contributed by atoms with Crippen LogP contribution in [0.4, 0.5) is 11.6 Å². The second kappa shape index (κ2) is 7.30. The van der Waals surface area contributed by atoms with Gasteiger partial charge in [0.15, 0.2) is 11.6 Å². The van der Waals surface area contributed by atoms with Crippen LogP contribution in [0.3, 0.4) is 0 Å². The molecule has 1 unspecified atom stereocenters. The fraction of sp³-hybridized carbons (Fsp3) is 0.211. The number of nitrogens with zero attached hydrogens (tertiary/aromatic N) is 6. The summed E-state index contributed by atoms with van der Waals surface area (Å²) in [7, 11) is 0. The number of rotatable bonds is 4. The highest BCUT2D eigenvalue weighted by molar-refractivity contribution is 6.36. The van der Waals surface area contributed by atoms with Crippen LogP contribution < -0.4 is 16.0 Å². The first-order chi connectivity index (χ1) is 14.6. The monoisotopic (exact) mass is 424 g/mol. The van der Waals surface area contributed by atoms with Gasteiger partial charge in [0.25, 0.3) is 5.91 Å². The van der Waals surface area contributed by atoms with Crippen LogP contribution in [0.15, 0.2) is 47.6 Å². The van der Waals surface area contributed by atoms with E-state index >= 15 is 0 Å². The fourth-order valence-electron chi connectivity index (χ4n) is 3.61. The molecule has 5 rings (SSSR count). The molecule has 1 aromatic carbocycles. The highest BCUT2D eigenvalue weighted by Gasteiger charge is 2.28. The number of nitrogens with two attached hydrogens (primary N) is 1. The first-order valence-corrected chi connectivity index (χ1v) is 9.68. The smallest absolute Gasteiger partial charge is 0.251 e. The third-order valence-corrected chi connectivity index (χ3v) is 5.42. The number of carbonyl (C=O) groups excluding carboxylic acids is 1. The molecular weight excluding hydrogens is 408 g/mol. The molecule has 1 amide bonds. The summed E-state index contributed by atoms with van der Waals surface area (Å²) in [6.07, 6.45) is 5.52. The minimum absolute atomic E-state index is 0.0252. The summed E-state index contributed by atoms with van der Waals surface area (Å²) < 4.78 is 7.11. The Labute approximate surface area is 175 Å². The summed E-state index contributed by atoms with van der Waals surface area (Å²) in [5, 5.41) is 15.4. The SMILES string of the molecule is Nc1noc2c(N3CCC(NC(=O)c4ccc(-n5cnnc5)cc4)C3)ncc(Cl)c12. The second-order valence-electron chi connectivity index (χ2n) is 7.02. The number of hydrogen-bond donors (Lipinski definition) is 2. The summed E-state index contributed by atoms with van der Waals surface area (Å²) in [6.45, 7) is 1.30. The van der Waals surface area contributed by atoms with Crippen molar-refractivity contribution in [2.75, 3.05) is 23.7 Å². The number of nitrogen functional groups attached to an aromatic ring is 1. The molecule has 4 heterocycles. The molecule has 11 heteroatoms. The number of aromatic nitrogens is 5. The van der Waals surface area contributed by atoms with Crippen LogP contribution in [0, 0.1) is 0 Å². The van der Waals surface area contributed by atoms with Gasteiger partial charge < -0.3 is 20.5 Å². The van der Waals surface area contributed by atoms with E-state index < -0.39 is 0 Å². The van der Waals surface area contributed by atoms with Crippen LogP contribution in [0.25, 0.3) is 16.7 Å². The average Bonchev–Trinajstić information content (AvgIpc) is 3.50. The average molecular weight is 425 g/mol. The Hall–Kier alpha value is -3.66. The van der Waals surface area contributed by atoms with Gasteiger partial charge in [-0.15, -0.1) is 10.2 Å². The molecule has 30 heavy (non-hydrogen) atoms. The second-order valence-corrected chi connectivity index (χ2v) is 7.43. The number of anilines is 2. The molecule has 152 valence electrons. The van der Waals surface area contributed by atoms with E-state index in [4.69, 9.17) is 21.9 Å². The van der Waals surface area contributed by atoms with Crippen molar-refractivity contribution in [2.24, 2.45) is 0 Å². The molecule has 1 aliphatic heterocycles. The molecule has 0 aliphatic carbocycles. The highest BCUT2D eigenvalue weighted by Crippen LogP contribution is 2.34. The van der Waals surface area contributed by atoms with Crippen LogP contribution in [-0.4, -0.2) is 49.9 Å². The fourth-order valence-corrected chi connectivity index (χ4v) is 3.84. The lowest BCUT2D eigenvalue weighted by molar-refractivity contribution is 0.0940. The third-order valence-electron chi connectivity index (χ3n) is 5.13. The molecule has 10 nitrogen and oxygen atoms in total. The Morgan fingerprint density at radius 2 is 2.00 bits per heavy atom. The summed E-state index contributed by atoms with van der Waals surface area (Å²) in [5.74, 6) is 0.724. The molecule has 3 N–H and O–H groups in total. The van der Waals surface area contributed by atoms with Crippen LogP contribution >= 0.6 is 11.6 Å². The molecule has 0 saturated carbocycles. The largest absolute Gasteiger partial charge is 0.380 e. The van der Waals surface area contributed by atoms with Crippen molar-refractivity contribution >= 4 is 40.1 Å². The van der Waals surface area contributed by atoms with Gasteiger partial charge in [-0.1, -0.05) is 16.8 Å². The lowest BCUT2D eigenvalue weighted by Crippen LogP contribution is -2.37. The van der Waals surface area contributed by atoms with Gasteiger partial charge >= 0.3 is 0 Å². The van der Waals surface area contributed by atoms with E-state index in [1.54, 1.807) is 29.4 Å². The maximum atomic E-state index is 12.7. The Balaban J connectivity index is 1.28. The number of fused-ring (bicyclic) bond motifs is 1. The zero-order chi connectivity index (χ0) is 20.7. The van der Waals surface area contributed by atoms with Crippen LogP contribution in [0.5, 0.6) is 0 Å². The van der Waals surface area contributed by atoms with Gasteiger partial charge in [-0.3, -0.25) is 9.36 Å². The normalized spacial score (nSPS) is 16.3. The number of amides is 1. The summed E-state index contributed by atoms with van der Waals surface area (Å²) in [6, 6.07) is 7.23. The lowest BCUT2D eigenvalue weighted by atomic mass is 10.1. The van der Waals surface area contributed by atoms with Crippen molar-refractivity contribution in [3.8, 4) is 5.69 Å². The van der Waals surface area contributed by atoms with E-state index in [0.29, 0.717) is 40.5 Å². The molecular formula is C19H17ClN8O2. The predicted molar refractivity (Wildman–Crippen MR) is 111 cm³/mol. The van der Waals surface area contributed by atoms with E-state index in [1.165, 1.54) is 6.20 Å². The van der Waals surface area contributed by atoms with Crippen molar-refractivity contribution in [3.05, 3.63) is 53.7 Å². The van der Waals surface area contributed by atoms with Gasteiger partial charge in [0.2, 0.25) is 5.58 Å². The minimum Gasteiger partial charge on any atom is -0.380 e. The lowest BCUT2D eigenvalue weighted by Gasteiger charge is -2.18. The maximum Gasteiger partial charge on any atom is 0.251 e. The van der Waals surface area contributed by atoms with Gasteiger partial charge in [-0.2, -0.15) is 0 Å². The van der Waals surface area contributed by atoms with E-state index in [1.807, 2.05) is 17.0 Å². The molecule has 3 aromatic heterocycles. The van der Waals surface area contributed by atoms with E-state index in [0.717, 1.165) is 12.1 Å². The Bertz CT molecular complexity index is 1210. The maximum absolute atomic E-state index is 12.7. The van der Waals surface area contributed by atoms with Gasteiger partial charge in [-0.05, 0) is 30.7 Å². The number of pyridine rings is 1. The Morgan fingerprint density at radius 3 is 2.77 bits per heavy atom. The van der Waals surface area contributed by atoms with Crippen LogP contribution in [0.1, 0.15) is 16.8 Å². The van der Waals surface area contributed by atoms with Gasteiger partial charge in [0, 0.05) is 36.6 Å². The van der Waals surface area contributed by atoms with E-state index in [9.17, 15) is 4.79 Å². The van der Waals surface area contributed by atoms with Gasteiger partial charge in [0.05, 0.1) is 10.4 Å².